The fourth-order valence-corrected chi connectivity index (χ4v) is 2.22. The van der Waals surface area contributed by atoms with Crippen LogP contribution < -0.4 is 10.5 Å². The highest BCUT2D eigenvalue weighted by atomic mass is 35.5. The summed E-state index contributed by atoms with van der Waals surface area (Å²) in [7, 11) is 1.47. The first kappa shape index (κ1) is 16.2. The lowest BCUT2D eigenvalue weighted by molar-refractivity contribution is 0.0497. The minimum absolute atomic E-state index is 0.279. The summed E-state index contributed by atoms with van der Waals surface area (Å²) in [5, 5.41) is 0.303. The SMILES string of the molecule is COc1cc(N)c(Cl)cc1C(=O)OCCCc1ccccc1. The Morgan fingerprint density at radius 3 is 2.64 bits per heavy atom. The molecule has 2 rings (SSSR count). The van der Waals surface area contributed by atoms with E-state index in [1.807, 2.05) is 30.3 Å². The lowest BCUT2D eigenvalue weighted by atomic mass is 10.1. The molecule has 22 heavy (non-hydrogen) atoms. The molecule has 0 fully saturated rings. The van der Waals surface area contributed by atoms with Crippen molar-refractivity contribution in [3.05, 3.63) is 58.6 Å². The molecule has 0 saturated carbocycles. The Hall–Kier alpha value is -2.20. The van der Waals surface area contributed by atoms with Gasteiger partial charge in [-0.25, -0.2) is 4.79 Å². The van der Waals surface area contributed by atoms with Crippen molar-refractivity contribution in [3.8, 4) is 5.75 Å². The summed E-state index contributed by atoms with van der Waals surface area (Å²) in [6.07, 6.45) is 1.61. The van der Waals surface area contributed by atoms with Crippen LogP contribution in [0.15, 0.2) is 42.5 Å². The van der Waals surface area contributed by atoms with E-state index in [-0.39, 0.29) is 5.56 Å². The lowest BCUT2D eigenvalue weighted by Crippen LogP contribution is -2.09. The smallest absolute Gasteiger partial charge is 0.341 e. The van der Waals surface area contributed by atoms with Gasteiger partial charge in [0.2, 0.25) is 0 Å². The molecule has 0 amide bonds. The summed E-state index contributed by atoms with van der Waals surface area (Å²) < 4.78 is 10.4. The first-order chi connectivity index (χ1) is 10.6. The monoisotopic (exact) mass is 319 g/mol. The molecule has 5 heteroatoms. The van der Waals surface area contributed by atoms with E-state index < -0.39 is 5.97 Å². The molecule has 2 aromatic carbocycles. The van der Waals surface area contributed by atoms with Gasteiger partial charge in [-0.3, -0.25) is 0 Å². The number of halogens is 1. The summed E-state index contributed by atoms with van der Waals surface area (Å²) in [5.41, 5.74) is 7.54. The van der Waals surface area contributed by atoms with Crippen molar-refractivity contribution in [3.63, 3.8) is 0 Å². The number of hydrogen-bond donors (Lipinski definition) is 1. The first-order valence-corrected chi connectivity index (χ1v) is 7.33. The molecule has 0 aromatic heterocycles. The number of hydrogen-bond acceptors (Lipinski definition) is 4. The van der Waals surface area contributed by atoms with Crippen LogP contribution in [0.2, 0.25) is 5.02 Å². The molecule has 116 valence electrons. The number of ether oxygens (including phenoxy) is 2. The van der Waals surface area contributed by atoms with Crippen LogP contribution in [0, 0.1) is 0 Å². The van der Waals surface area contributed by atoms with Crippen LogP contribution in [0.1, 0.15) is 22.3 Å². The van der Waals surface area contributed by atoms with Crippen molar-refractivity contribution in [2.75, 3.05) is 19.5 Å². The summed E-state index contributed by atoms with van der Waals surface area (Å²) in [6, 6.07) is 13.0. The van der Waals surface area contributed by atoms with E-state index in [2.05, 4.69) is 0 Å². The number of methoxy groups -OCH3 is 1. The number of esters is 1. The number of rotatable bonds is 6. The van der Waals surface area contributed by atoms with Crippen LogP contribution in [-0.2, 0) is 11.2 Å². The van der Waals surface area contributed by atoms with Gasteiger partial charge in [0, 0.05) is 6.07 Å². The predicted octanol–water partition coefficient (Wildman–Crippen LogP) is 3.72. The lowest BCUT2D eigenvalue weighted by Gasteiger charge is -2.10. The van der Waals surface area contributed by atoms with Crippen molar-refractivity contribution in [1.29, 1.82) is 0 Å². The van der Waals surface area contributed by atoms with E-state index in [1.54, 1.807) is 0 Å². The second-order valence-electron chi connectivity index (χ2n) is 4.80. The van der Waals surface area contributed by atoms with Gasteiger partial charge >= 0.3 is 5.97 Å². The van der Waals surface area contributed by atoms with Crippen molar-refractivity contribution < 1.29 is 14.3 Å². The fraction of sp³-hybridized carbons (Fsp3) is 0.235. The van der Waals surface area contributed by atoms with E-state index in [0.717, 1.165) is 12.8 Å². The topological polar surface area (TPSA) is 61.5 Å². The van der Waals surface area contributed by atoms with Gasteiger partial charge < -0.3 is 15.2 Å². The fourth-order valence-electron chi connectivity index (χ4n) is 2.06. The third kappa shape index (κ3) is 4.15. The average Bonchev–Trinajstić information content (AvgIpc) is 2.54. The second-order valence-corrected chi connectivity index (χ2v) is 5.21. The Kier molecular flexibility index (Phi) is 5.67. The highest BCUT2D eigenvalue weighted by Gasteiger charge is 2.16. The third-order valence-electron chi connectivity index (χ3n) is 3.22. The molecule has 0 bridgehead atoms. The van der Waals surface area contributed by atoms with E-state index in [0.29, 0.717) is 23.1 Å². The molecule has 0 atom stereocenters. The Morgan fingerprint density at radius 2 is 1.95 bits per heavy atom. The van der Waals surface area contributed by atoms with E-state index in [9.17, 15) is 4.79 Å². The number of aryl methyl sites for hydroxylation is 1. The molecule has 0 heterocycles. The quantitative estimate of drug-likeness (QED) is 0.501. The van der Waals surface area contributed by atoms with Crippen LogP contribution in [0.4, 0.5) is 5.69 Å². The van der Waals surface area contributed by atoms with Crippen molar-refractivity contribution in [1.82, 2.24) is 0 Å². The molecule has 0 aliphatic carbocycles. The normalized spacial score (nSPS) is 10.3. The molecule has 0 saturated heterocycles. The number of benzene rings is 2. The van der Waals surface area contributed by atoms with Gasteiger partial charge in [-0.2, -0.15) is 0 Å². The number of carbonyl (C=O) groups is 1. The van der Waals surface area contributed by atoms with Crippen LogP contribution in [0.3, 0.4) is 0 Å². The minimum Gasteiger partial charge on any atom is -0.496 e. The van der Waals surface area contributed by atoms with E-state index in [4.69, 9.17) is 26.8 Å². The Bertz CT molecular complexity index is 644. The zero-order chi connectivity index (χ0) is 15.9. The average molecular weight is 320 g/mol. The minimum atomic E-state index is -0.466. The Labute approximate surface area is 134 Å². The summed E-state index contributed by atoms with van der Waals surface area (Å²) in [4.78, 5) is 12.1. The van der Waals surface area contributed by atoms with Gasteiger partial charge in [-0.15, -0.1) is 0 Å². The number of nitrogen functional groups attached to an aromatic ring is 1. The largest absolute Gasteiger partial charge is 0.496 e. The number of anilines is 1. The highest BCUT2D eigenvalue weighted by molar-refractivity contribution is 6.33. The standard InChI is InChI=1S/C17H18ClNO3/c1-21-16-11-15(19)14(18)10-13(16)17(20)22-9-5-8-12-6-3-2-4-7-12/h2-4,6-7,10-11H,5,8-9,19H2,1H3. The van der Waals surface area contributed by atoms with Gasteiger partial charge in [0.25, 0.3) is 0 Å². The van der Waals surface area contributed by atoms with Gasteiger partial charge in [-0.1, -0.05) is 41.9 Å². The van der Waals surface area contributed by atoms with Crippen molar-refractivity contribution in [2.24, 2.45) is 0 Å². The molecular formula is C17H18ClNO3. The number of nitrogens with two attached hydrogens (primary N) is 1. The molecule has 0 radical (unpaired) electrons. The molecule has 4 nitrogen and oxygen atoms in total. The molecule has 0 unspecified atom stereocenters. The van der Waals surface area contributed by atoms with E-state index in [1.165, 1.54) is 24.8 Å². The van der Waals surface area contributed by atoms with Gasteiger partial charge in [0.05, 0.1) is 24.4 Å². The summed E-state index contributed by atoms with van der Waals surface area (Å²) >= 11 is 5.94. The van der Waals surface area contributed by atoms with Crippen molar-refractivity contribution in [2.45, 2.75) is 12.8 Å². The van der Waals surface area contributed by atoms with Gasteiger partial charge in [-0.05, 0) is 24.5 Å². The highest BCUT2D eigenvalue weighted by Crippen LogP contribution is 2.29. The zero-order valence-corrected chi connectivity index (χ0v) is 13.1. The maximum absolute atomic E-state index is 12.1. The van der Waals surface area contributed by atoms with Crippen LogP contribution in [0.5, 0.6) is 5.75 Å². The van der Waals surface area contributed by atoms with Crippen LogP contribution in [0.25, 0.3) is 0 Å². The Morgan fingerprint density at radius 1 is 1.23 bits per heavy atom. The molecule has 0 aliphatic heterocycles. The van der Waals surface area contributed by atoms with Gasteiger partial charge in [0.15, 0.2) is 0 Å². The predicted molar refractivity (Wildman–Crippen MR) is 87.5 cm³/mol. The molecule has 2 N–H and O–H groups in total. The molecule has 2 aromatic rings. The first-order valence-electron chi connectivity index (χ1n) is 6.96. The molecular weight excluding hydrogens is 302 g/mol. The van der Waals surface area contributed by atoms with Crippen LogP contribution in [-0.4, -0.2) is 19.7 Å². The van der Waals surface area contributed by atoms with E-state index >= 15 is 0 Å². The third-order valence-corrected chi connectivity index (χ3v) is 3.55. The molecule has 0 spiro atoms. The maximum Gasteiger partial charge on any atom is 0.341 e. The Balaban J connectivity index is 1.91. The second kappa shape index (κ2) is 7.71. The van der Waals surface area contributed by atoms with Crippen molar-refractivity contribution >= 4 is 23.3 Å². The maximum atomic E-state index is 12.1. The zero-order valence-electron chi connectivity index (χ0n) is 12.3. The molecule has 0 aliphatic rings. The summed E-state index contributed by atoms with van der Waals surface area (Å²) in [5.74, 6) is -0.109. The number of carbonyl (C=O) groups excluding carboxylic acids is 1. The van der Waals surface area contributed by atoms with Gasteiger partial charge in [0.1, 0.15) is 11.3 Å². The van der Waals surface area contributed by atoms with Crippen LogP contribution >= 0.6 is 11.6 Å². The summed E-state index contributed by atoms with van der Waals surface area (Å²) in [6.45, 7) is 0.332.